The Morgan fingerprint density at radius 2 is 1.76 bits per heavy atom. The van der Waals surface area contributed by atoms with E-state index < -0.39 is 0 Å². The van der Waals surface area contributed by atoms with Crippen molar-refractivity contribution in [3.63, 3.8) is 0 Å². The molecule has 2 aromatic carbocycles. The van der Waals surface area contributed by atoms with E-state index >= 15 is 0 Å². The van der Waals surface area contributed by atoms with Crippen molar-refractivity contribution in [1.82, 2.24) is 0 Å². The van der Waals surface area contributed by atoms with Gasteiger partial charge in [-0.2, -0.15) is 0 Å². The Morgan fingerprint density at radius 3 is 2.44 bits per heavy atom. The fourth-order valence-electron chi connectivity index (χ4n) is 2.51. The number of hydrogen-bond acceptors (Lipinski definition) is 4. The molecule has 0 bridgehead atoms. The lowest BCUT2D eigenvalue weighted by Crippen LogP contribution is -2.16. The summed E-state index contributed by atoms with van der Waals surface area (Å²) >= 11 is 1.55. The molecule has 5 heteroatoms. The lowest BCUT2D eigenvalue weighted by molar-refractivity contribution is -0.113. The van der Waals surface area contributed by atoms with Crippen molar-refractivity contribution in [1.29, 1.82) is 0 Å². The molecule has 1 amide bonds. The van der Waals surface area contributed by atoms with E-state index in [0.717, 1.165) is 17.1 Å². The molecule has 0 radical (unpaired) electrons. The number of ether oxygens (including phenoxy) is 2. The molecule has 0 atom stereocenters. The van der Waals surface area contributed by atoms with Crippen molar-refractivity contribution in [3.8, 4) is 11.5 Å². The Hall–Kier alpha value is -2.14. The molecule has 4 nitrogen and oxygen atoms in total. The van der Waals surface area contributed by atoms with Crippen LogP contribution in [-0.4, -0.2) is 31.1 Å². The van der Waals surface area contributed by atoms with Gasteiger partial charge in [-0.15, -0.1) is 11.8 Å². The van der Waals surface area contributed by atoms with Crippen LogP contribution in [0.1, 0.15) is 16.7 Å². The molecule has 0 spiro atoms. The van der Waals surface area contributed by atoms with Gasteiger partial charge >= 0.3 is 0 Å². The van der Waals surface area contributed by atoms with Gasteiger partial charge in [-0.3, -0.25) is 4.79 Å². The number of thioether (sulfide) groups is 1. The minimum Gasteiger partial charge on any atom is -0.495 e. The van der Waals surface area contributed by atoms with Crippen LogP contribution >= 0.6 is 11.8 Å². The summed E-state index contributed by atoms with van der Waals surface area (Å²) in [6.45, 7) is 6.67. The van der Waals surface area contributed by atoms with Gasteiger partial charge in [0.25, 0.3) is 0 Å². The van der Waals surface area contributed by atoms with Gasteiger partial charge in [0, 0.05) is 5.75 Å². The Balaban J connectivity index is 1.73. The van der Waals surface area contributed by atoms with Gasteiger partial charge in [0.15, 0.2) is 0 Å². The number of benzene rings is 2. The fourth-order valence-corrected chi connectivity index (χ4v) is 3.11. The highest BCUT2D eigenvalue weighted by Crippen LogP contribution is 2.25. The first-order valence-electron chi connectivity index (χ1n) is 8.21. The quantitative estimate of drug-likeness (QED) is 0.711. The number of methoxy groups -OCH3 is 1. The predicted octanol–water partition coefficient (Wildman–Crippen LogP) is 4.37. The molecule has 0 saturated carbocycles. The molecule has 1 N–H and O–H groups in total. The van der Waals surface area contributed by atoms with Gasteiger partial charge in [-0.1, -0.05) is 12.1 Å². The zero-order valence-electron chi connectivity index (χ0n) is 15.2. The van der Waals surface area contributed by atoms with E-state index in [9.17, 15) is 4.79 Å². The first-order chi connectivity index (χ1) is 12.0. The van der Waals surface area contributed by atoms with Crippen LogP contribution in [-0.2, 0) is 4.79 Å². The molecule has 0 saturated heterocycles. The van der Waals surface area contributed by atoms with Crippen LogP contribution in [0.15, 0.2) is 36.4 Å². The maximum absolute atomic E-state index is 12.1. The summed E-state index contributed by atoms with van der Waals surface area (Å²) in [7, 11) is 1.60. The van der Waals surface area contributed by atoms with Crippen LogP contribution < -0.4 is 14.8 Å². The average molecular weight is 359 g/mol. The van der Waals surface area contributed by atoms with Crippen LogP contribution in [0.25, 0.3) is 0 Å². The number of aryl methyl sites for hydroxylation is 3. The van der Waals surface area contributed by atoms with Gasteiger partial charge in [-0.05, 0) is 61.7 Å². The molecule has 0 aliphatic rings. The molecule has 2 rings (SSSR count). The molecule has 134 valence electrons. The highest BCUT2D eigenvalue weighted by molar-refractivity contribution is 7.99. The summed E-state index contributed by atoms with van der Waals surface area (Å²) in [6, 6.07) is 11.9. The normalized spacial score (nSPS) is 10.4. The van der Waals surface area contributed by atoms with Gasteiger partial charge in [0.05, 0.1) is 25.2 Å². The molecule has 0 aromatic heterocycles. The van der Waals surface area contributed by atoms with Crippen LogP contribution in [0.4, 0.5) is 5.69 Å². The highest BCUT2D eigenvalue weighted by Gasteiger charge is 2.08. The van der Waals surface area contributed by atoms with Gasteiger partial charge in [0.1, 0.15) is 11.5 Å². The smallest absolute Gasteiger partial charge is 0.234 e. The third-order valence-electron chi connectivity index (χ3n) is 3.55. The lowest BCUT2D eigenvalue weighted by atomic mass is 10.1. The minimum absolute atomic E-state index is 0.0414. The van der Waals surface area contributed by atoms with E-state index in [1.165, 1.54) is 11.1 Å². The van der Waals surface area contributed by atoms with E-state index in [0.29, 0.717) is 23.8 Å². The molecular formula is C20H25NO3S. The van der Waals surface area contributed by atoms with Crippen LogP contribution in [0, 0.1) is 20.8 Å². The topological polar surface area (TPSA) is 47.6 Å². The zero-order chi connectivity index (χ0) is 18.2. The number of nitrogens with one attached hydrogen (secondary N) is 1. The summed E-state index contributed by atoms with van der Waals surface area (Å²) in [5.41, 5.74) is 4.16. The van der Waals surface area contributed by atoms with Crippen LogP contribution in [0.3, 0.4) is 0 Å². The number of carbonyl (C=O) groups is 1. The number of anilines is 1. The zero-order valence-corrected chi connectivity index (χ0v) is 16.0. The van der Waals surface area contributed by atoms with Crippen LogP contribution in [0.2, 0.25) is 0 Å². The molecule has 0 aliphatic carbocycles. The molecule has 0 aliphatic heterocycles. The molecule has 0 fully saturated rings. The van der Waals surface area contributed by atoms with Crippen molar-refractivity contribution < 1.29 is 14.3 Å². The number of amides is 1. The lowest BCUT2D eigenvalue weighted by Gasteiger charge is -2.11. The van der Waals surface area contributed by atoms with Gasteiger partial charge < -0.3 is 14.8 Å². The van der Waals surface area contributed by atoms with E-state index in [-0.39, 0.29) is 5.91 Å². The first kappa shape index (κ1) is 19.2. The highest BCUT2D eigenvalue weighted by atomic mass is 32.2. The molecule has 2 aromatic rings. The second-order valence-electron chi connectivity index (χ2n) is 5.98. The third kappa shape index (κ3) is 6.35. The van der Waals surface area contributed by atoms with Crippen molar-refractivity contribution in [2.45, 2.75) is 20.8 Å². The summed E-state index contributed by atoms with van der Waals surface area (Å²) in [4.78, 5) is 12.1. The van der Waals surface area contributed by atoms with Gasteiger partial charge in [0.2, 0.25) is 5.91 Å². The predicted molar refractivity (Wildman–Crippen MR) is 105 cm³/mol. The second-order valence-corrected chi connectivity index (χ2v) is 7.08. The van der Waals surface area contributed by atoms with Gasteiger partial charge in [-0.25, -0.2) is 0 Å². The Bertz CT molecular complexity index is 711. The maximum atomic E-state index is 12.1. The average Bonchev–Trinajstić information content (AvgIpc) is 2.54. The number of carbonyl (C=O) groups excluding carboxylic acids is 1. The van der Waals surface area contributed by atoms with Crippen molar-refractivity contribution in [3.05, 3.63) is 53.1 Å². The molecule has 0 unspecified atom stereocenters. The fraction of sp³-hybridized carbons (Fsp3) is 0.350. The Kier molecular flexibility index (Phi) is 7.19. The maximum Gasteiger partial charge on any atom is 0.234 e. The van der Waals surface area contributed by atoms with Crippen molar-refractivity contribution in [2.75, 3.05) is 30.5 Å². The first-order valence-corrected chi connectivity index (χ1v) is 9.36. The molecular weight excluding hydrogens is 334 g/mol. The SMILES string of the molecule is COc1ccc(C)cc1NC(=O)CSCCOc1cc(C)cc(C)c1. The molecule has 0 heterocycles. The van der Waals surface area contributed by atoms with Crippen molar-refractivity contribution in [2.24, 2.45) is 0 Å². The van der Waals surface area contributed by atoms with Crippen LogP contribution in [0.5, 0.6) is 11.5 Å². The monoisotopic (exact) mass is 359 g/mol. The minimum atomic E-state index is -0.0414. The van der Waals surface area contributed by atoms with E-state index in [1.54, 1.807) is 18.9 Å². The summed E-state index contributed by atoms with van der Waals surface area (Å²) in [6.07, 6.45) is 0. The van der Waals surface area contributed by atoms with E-state index in [2.05, 4.69) is 25.2 Å². The summed E-state index contributed by atoms with van der Waals surface area (Å²) < 4.78 is 11.0. The Labute approximate surface area is 153 Å². The van der Waals surface area contributed by atoms with E-state index in [1.807, 2.05) is 37.3 Å². The number of rotatable bonds is 8. The third-order valence-corrected chi connectivity index (χ3v) is 4.48. The summed E-state index contributed by atoms with van der Waals surface area (Å²) in [5.74, 6) is 2.65. The Morgan fingerprint density at radius 1 is 1.04 bits per heavy atom. The standard InChI is InChI=1S/C20H25NO3S/c1-14-5-6-19(23-4)18(12-14)21-20(22)13-25-8-7-24-17-10-15(2)9-16(3)11-17/h5-6,9-12H,7-8,13H2,1-4H3,(H,21,22). The van der Waals surface area contributed by atoms with Crippen molar-refractivity contribution >= 4 is 23.4 Å². The summed E-state index contributed by atoms with van der Waals surface area (Å²) in [5, 5.41) is 2.90. The molecule has 25 heavy (non-hydrogen) atoms. The second kappa shape index (κ2) is 9.37. The largest absolute Gasteiger partial charge is 0.495 e. The number of hydrogen-bond donors (Lipinski definition) is 1. The van der Waals surface area contributed by atoms with E-state index in [4.69, 9.17) is 9.47 Å².